The Bertz CT molecular complexity index is 151. The number of hydrogen-bond donors (Lipinski definition) is 0. The van der Waals surface area contributed by atoms with Gasteiger partial charge in [0.05, 0.1) is 6.07 Å². The monoisotopic (exact) mass is 151 g/mol. The summed E-state index contributed by atoms with van der Waals surface area (Å²) in [6, 6.07) is 2.12. The summed E-state index contributed by atoms with van der Waals surface area (Å²) in [5.41, 5.74) is 0.849. The maximum Gasteiger partial charge on any atom is 0.0940 e. The molecule has 0 amide bonds. The van der Waals surface area contributed by atoms with Crippen LogP contribution >= 0.6 is 0 Å². The minimum absolute atomic E-state index is 0.849. The van der Waals surface area contributed by atoms with Gasteiger partial charge in [-0.1, -0.05) is 32.3 Å². The van der Waals surface area contributed by atoms with Gasteiger partial charge in [-0.15, -0.1) is 0 Å². The van der Waals surface area contributed by atoms with Gasteiger partial charge in [0.15, 0.2) is 0 Å². The molecule has 0 atom stereocenters. The second kappa shape index (κ2) is 7.34. The van der Waals surface area contributed by atoms with Crippen LogP contribution in [0.2, 0.25) is 0 Å². The first-order valence-corrected chi connectivity index (χ1v) is 4.38. The van der Waals surface area contributed by atoms with Gasteiger partial charge in [-0.05, 0) is 19.8 Å². The standard InChI is InChI=1S/C10H17N/c1-3-4-5-6-7-8-10(2)9-11/h8H,3-7H2,1-2H3. The average Bonchev–Trinajstić information content (AvgIpc) is 2.04. The molecule has 0 aromatic heterocycles. The molecule has 0 radical (unpaired) electrons. The van der Waals surface area contributed by atoms with Crippen molar-refractivity contribution in [1.82, 2.24) is 0 Å². The molecule has 62 valence electrons. The molecule has 11 heavy (non-hydrogen) atoms. The molecule has 0 unspecified atom stereocenters. The van der Waals surface area contributed by atoms with Gasteiger partial charge in [-0.3, -0.25) is 0 Å². The number of rotatable bonds is 5. The summed E-state index contributed by atoms with van der Waals surface area (Å²) >= 11 is 0. The summed E-state index contributed by atoms with van der Waals surface area (Å²) < 4.78 is 0. The Morgan fingerprint density at radius 2 is 2.09 bits per heavy atom. The van der Waals surface area contributed by atoms with Crippen LogP contribution in [0, 0.1) is 11.3 Å². The zero-order chi connectivity index (χ0) is 8.53. The van der Waals surface area contributed by atoms with Crippen molar-refractivity contribution < 1.29 is 0 Å². The molecule has 0 fully saturated rings. The molecule has 0 aliphatic rings. The van der Waals surface area contributed by atoms with Crippen LogP contribution < -0.4 is 0 Å². The first kappa shape index (κ1) is 10.2. The van der Waals surface area contributed by atoms with Crippen LogP contribution in [0.3, 0.4) is 0 Å². The van der Waals surface area contributed by atoms with Gasteiger partial charge in [-0.25, -0.2) is 0 Å². The van der Waals surface area contributed by atoms with E-state index in [1.165, 1.54) is 25.7 Å². The van der Waals surface area contributed by atoms with Crippen molar-refractivity contribution >= 4 is 0 Å². The first-order valence-electron chi connectivity index (χ1n) is 4.38. The average molecular weight is 151 g/mol. The fourth-order valence-electron chi connectivity index (χ4n) is 0.935. The lowest BCUT2D eigenvalue weighted by Crippen LogP contribution is -1.75. The molecule has 0 saturated heterocycles. The Morgan fingerprint density at radius 3 is 2.64 bits per heavy atom. The maximum atomic E-state index is 8.42. The summed E-state index contributed by atoms with van der Waals surface area (Å²) in [6.07, 6.45) is 8.22. The zero-order valence-corrected chi connectivity index (χ0v) is 7.56. The van der Waals surface area contributed by atoms with Crippen molar-refractivity contribution in [2.24, 2.45) is 0 Å². The van der Waals surface area contributed by atoms with Gasteiger partial charge in [0.25, 0.3) is 0 Å². The molecular weight excluding hydrogens is 134 g/mol. The van der Waals surface area contributed by atoms with E-state index in [4.69, 9.17) is 5.26 Å². The van der Waals surface area contributed by atoms with E-state index >= 15 is 0 Å². The number of allylic oxidation sites excluding steroid dienone is 2. The van der Waals surface area contributed by atoms with Crippen LogP contribution in [0.1, 0.15) is 46.0 Å². The van der Waals surface area contributed by atoms with E-state index < -0.39 is 0 Å². The summed E-state index contributed by atoms with van der Waals surface area (Å²) in [4.78, 5) is 0. The quantitative estimate of drug-likeness (QED) is 0.436. The number of nitriles is 1. The van der Waals surface area contributed by atoms with Gasteiger partial charge in [-0.2, -0.15) is 5.26 Å². The van der Waals surface area contributed by atoms with E-state index in [2.05, 4.69) is 13.0 Å². The van der Waals surface area contributed by atoms with Crippen molar-refractivity contribution in [3.8, 4) is 6.07 Å². The summed E-state index contributed by atoms with van der Waals surface area (Å²) in [6.45, 7) is 4.07. The Kier molecular flexibility index (Phi) is 6.82. The SMILES string of the molecule is CCCCCCC=C(C)C#N. The Hall–Kier alpha value is -0.770. The van der Waals surface area contributed by atoms with E-state index in [0.717, 1.165) is 12.0 Å². The minimum atomic E-state index is 0.849. The molecule has 0 bridgehead atoms. The second-order valence-electron chi connectivity index (χ2n) is 2.85. The maximum absolute atomic E-state index is 8.42. The third-order valence-electron chi connectivity index (χ3n) is 1.68. The number of unbranched alkanes of at least 4 members (excludes halogenated alkanes) is 4. The van der Waals surface area contributed by atoms with Gasteiger partial charge in [0.1, 0.15) is 0 Å². The molecule has 0 spiro atoms. The first-order chi connectivity index (χ1) is 5.31. The highest BCUT2D eigenvalue weighted by atomic mass is 14.2. The normalized spacial score (nSPS) is 11.2. The van der Waals surface area contributed by atoms with E-state index in [1.54, 1.807) is 0 Å². The molecule has 0 aliphatic carbocycles. The molecule has 0 rings (SSSR count). The second-order valence-corrected chi connectivity index (χ2v) is 2.85. The number of hydrogen-bond acceptors (Lipinski definition) is 1. The van der Waals surface area contributed by atoms with E-state index in [9.17, 15) is 0 Å². The van der Waals surface area contributed by atoms with Crippen molar-refractivity contribution in [2.75, 3.05) is 0 Å². The lowest BCUT2D eigenvalue weighted by molar-refractivity contribution is 0.674. The largest absolute Gasteiger partial charge is 0.193 e. The van der Waals surface area contributed by atoms with Crippen molar-refractivity contribution in [3.05, 3.63) is 11.6 Å². The molecule has 0 aromatic carbocycles. The van der Waals surface area contributed by atoms with Crippen molar-refractivity contribution in [1.29, 1.82) is 5.26 Å². The molecule has 0 aliphatic heterocycles. The topological polar surface area (TPSA) is 23.8 Å². The summed E-state index contributed by atoms with van der Waals surface area (Å²) in [5.74, 6) is 0. The van der Waals surface area contributed by atoms with E-state index in [1.807, 2.05) is 13.0 Å². The molecule has 1 heteroatoms. The third kappa shape index (κ3) is 7.12. The van der Waals surface area contributed by atoms with Crippen LogP contribution in [0.15, 0.2) is 11.6 Å². The molecule has 0 heterocycles. The Labute approximate surface area is 69.7 Å². The van der Waals surface area contributed by atoms with Gasteiger partial charge in [0, 0.05) is 5.57 Å². The van der Waals surface area contributed by atoms with Crippen molar-refractivity contribution in [3.63, 3.8) is 0 Å². The lowest BCUT2D eigenvalue weighted by Gasteiger charge is -1.93. The Morgan fingerprint density at radius 1 is 1.36 bits per heavy atom. The van der Waals surface area contributed by atoms with Crippen LogP contribution in [0.4, 0.5) is 0 Å². The highest BCUT2D eigenvalue weighted by Gasteiger charge is 1.86. The lowest BCUT2D eigenvalue weighted by atomic mass is 10.1. The van der Waals surface area contributed by atoms with Gasteiger partial charge >= 0.3 is 0 Å². The molecule has 0 N–H and O–H groups in total. The van der Waals surface area contributed by atoms with Crippen LogP contribution in [-0.4, -0.2) is 0 Å². The van der Waals surface area contributed by atoms with E-state index in [-0.39, 0.29) is 0 Å². The number of nitrogens with zero attached hydrogens (tertiary/aromatic N) is 1. The third-order valence-corrected chi connectivity index (χ3v) is 1.68. The fourth-order valence-corrected chi connectivity index (χ4v) is 0.935. The van der Waals surface area contributed by atoms with Crippen molar-refractivity contribution in [2.45, 2.75) is 46.0 Å². The minimum Gasteiger partial charge on any atom is -0.193 e. The van der Waals surface area contributed by atoms with Gasteiger partial charge < -0.3 is 0 Å². The molecule has 0 aromatic rings. The summed E-state index contributed by atoms with van der Waals surface area (Å²) in [5, 5.41) is 8.42. The van der Waals surface area contributed by atoms with Gasteiger partial charge in [0.2, 0.25) is 0 Å². The fraction of sp³-hybridized carbons (Fsp3) is 0.700. The van der Waals surface area contributed by atoms with Crippen LogP contribution in [-0.2, 0) is 0 Å². The highest BCUT2D eigenvalue weighted by Crippen LogP contribution is 2.04. The Balaban J connectivity index is 3.21. The van der Waals surface area contributed by atoms with E-state index in [0.29, 0.717) is 0 Å². The zero-order valence-electron chi connectivity index (χ0n) is 7.56. The molecular formula is C10H17N. The van der Waals surface area contributed by atoms with Crippen LogP contribution in [0.5, 0.6) is 0 Å². The highest BCUT2D eigenvalue weighted by molar-refractivity contribution is 5.16. The smallest absolute Gasteiger partial charge is 0.0940 e. The molecule has 1 nitrogen and oxygen atoms in total. The predicted octanol–water partition coefficient (Wildman–Crippen LogP) is 3.43. The summed E-state index contributed by atoms with van der Waals surface area (Å²) in [7, 11) is 0. The van der Waals surface area contributed by atoms with Crippen LogP contribution in [0.25, 0.3) is 0 Å². The predicted molar refractivity (Wildman–Crippen MR) is 48.1 cm³/mol. The molecule has 0 saturated carbocycles.